The molecule has 0 atom stereocenters. The Labute approximate surface area is 144 Å². The number of allylic oxidation sites excluding steroid dienone is 1. The summed E-state index contributed by atoms with van der Waals surface area (Å²) in [6, 6.07) is 11.5. The van der Waals surface area contributed by atoms with Crippen molar-refractivity contribution in [3.8, 4) is 16.9 Å². The van der Waals surface area contributed by atoms with Gasteiger partial charge in [0.15, 0.2) is 5.78 Å². The number of thioether (sulfide) groups is 2. The molecular weight excluding hydrogens is 331 g/mol. The van der Waals surface area contributed by atoms with E-state index in [0.717, 1.165) is 4.24 Å². The Morgan fingerprint density at radius 2 is 1.87 bits per heavy atom. The van der Waals surface area contributed by atoms with Crippen molar-refractivity contribution in [2.75, 3.05) is 19.6 Å². The van der Waals surface area contributed by atoms with Crippen LogP contribution in [0.2, 0.25) is 0 Å². The SMILES string of the molecule is COc1ccc(F)c(-c2cccc(C(=O)C=C(SC)SC)c2)c1. The predicted octanol–water partition coefficient (Wildman–Crippen LogP) is 5.25. The van der Waals surface area contributed by atoms with Crippen LogP contribution >= 0.6 is 23.5 Å². The highest BCUT2D eigenvalue weighted by Gasteiger charge is 2.10. The lowest BCUT2D eigenvalue weighted by molar-refractivity contribution is 0.104. The molecule has 0 aromatic heterocycles. The molecule has 0 aliphatic rings. The molecule has 2 aromatic carbocycles. The van der Waals surface area contributed by atoms with Gasteiger partial charge in [-0.1, -0.05) is 18.2 Å². The average Bonchev–Trinajstić information content (AvgIpc) is 2.60. The Morgan fingerprint density at radius 3 is 2.52 bits per heavy atom. The van der Waals surface area contributed by atoms with Gasteiger partial charge in [-0.25, -0.2) is 4.39 Å². The Balaban J connectivity index is 2.41. The third kappa shape index (κ3) is 4.39. The number of ketones is 1. The van der Waals surface area contributed by atoms with Gasteiger partial charge in [-0.2, -0.15) is 0 Å². The lowest BCUT2D eigenvalue weighted by Gasteiger charge is -2.08. The molecule has 120 valence electrons. The van der Waals surface area contributed by atoms with Crippen molar-refractivity contribution < 1.29 is 13.9 Å². The van der Waals surface area contributed by atoms with Crippen LogP contribution in [-0.2, 0) is 0 Å². The number of hydrogen-bond donors (Lipinski definition) is 0. The van der Waals surface area contributed by atoms with Crippen molar-refractivity contribution in [2.24, 2.45) is 0 Å². The van der Waals surface area contributed by atoms with Gasteiger partial charge in [-0.05, 0) is 42.3 Å². The van der Waals surface area contributed by atoms with E-state index < -0.39 is 0 Å². The number of halogens is 1. The predicted molar refractivity (Wildman–Crippen MR) is 97.8 cm³/mol. The third-order valence-electron chi connectivity index (χ3n) is 3.28. The molecule has 0 heterocycles. The fraction of sp³-hybridized carbons (Fsp3) is 0.167. The van der Waals surface area contributed by atoms with Gasteiger partial charge in [0.2, 0.25) is 0 Å². The van der Waals surface area contributed by atoms with E-state index in [-0.39, 0.29) is 11.6 Å². The lowest BCUT2D eigenvalue weighted by Crippen LogP contribution is -1.96. The van der Waals surface area contributed by atoms with Crippen LogP contribution in [0, 0.1) is 5.82 Å². The standard InChI is InChI=1S/C18H17FO2S2/c1-21-14-7-8-16(19)15(10-14)12-5-4-6-13(9-12)17(20)11-18(22-2)23-3/h4-11H,1-3H3. The first-order chi connectivity index (χ1) is 11.1. The molecule has 0 saturated carbocycles. The zero-order valence-corrected chi connectivity index (χ0v) is 14.8. The van der Waals surface area contributed by atoms with Crippen LogP contribution < -0.4 is 4.74 Å². The molecule has 23 heavy (non-hydrogen) atoms. The van der Waals surface area contributed by atoms with Crippen LogP contribution in [0.4, 0.5) is 4.39 Å². The smallest absolute Gasteiger partial charge is 0.187 e. The maximum Gasteiger partial charge on any atom is 0.187 e. The van der Waals surface area contributed by atoms with Crippen molar-refractivity contribution in [3.63, 3.8) is 0 Å². The minimum absolute atomic E-state index is 0.0890. The third-order valence-corrected chi connectivity index (χ3v) is 5.32. The number of carbonyl (C=O) groups is 1. The van der Waals surface area contributed by atoms with E-state index in [1.807, 2.05) is 12.5 Å². The molecule has 0 aliphatic heterocycles. The van der Waals surface area contributed by atoms with Gasteiger partial charge in [-0.3, -0.25) is 4.79 Å². The zero-order valence-electron chi connectivity index (χ0n) is 13.1. The minimum atomic E-state index is -0.347. The summed E-state index contributed by atoms with van der Waals surface area (Å²) in [7, 11) is 1.54. The van der Waals surface area contributed by atoms with E-state index in [0.29, 0.717) is 22.4 Å². The normalized spacial score (nSPS) is 10.3. The van der Waals surface area contributed by atoms with Crippen LogP contribution in [0.5, 0.6) is 5.75 Å². The summed E-state index contributed by atoms with van der Waals surface area (Å²) in [5, 5.41) is 0. The molecule has 5 heteroatoms. The van der Waals surface area contributed by atoms with Gasteiger partial charge in [0.25, 0.3) is 0 Å². The summed E-state index contributed by atoms with van der Waals surface area (Å²) in [6.07, 6.45) is 5.46. The van der Waals surface area contributed by atoms with Crippen molar-refractivity contribution in [1.82, 2.24) is 0 Å². The monoisotopic (exact) mass is 348 g/mol. The number of ether oxygens (including phenoxy) is 1. The van der Waals surface area contributed by atoms with Gasteiger partial charge in [0.1, 0.15) is 11.6 Å². The number of benzene rings is 2. The van der Waals surface area contributed by atoms with Crippen LogP contribution in [-0.4, -0.2) is 25.4 Å². The molecule has 2 aromatic rings. The van der Waals surface area contributed by atoms with E-state index in [1.165, 1.54) is 36.7 Å². The summed E-state index contributed by atoms with van der Waals surface area (Å²) in [5.74, 6) is 0.138. The maximum atomic E-state index is 14.1. The fourth-order valence-electron chi connectivity index (χ4n) is 2.08. The molecule has 0 unspecified atom stereocenters. The Morgan fingerprint density at radius 1 is 1.13 bits per heavy atom. The largest absolute Gasteiger partial charge is 0.497 e. The average molecular weight is 348 g/mol. The molecule has 0 saturated heterocycles. The molecule has 0 radical (unpaired) electrons. The molecule has 0 aliphatic carbocycles. The highest BCUT2D eigenvalue weighted by atomic mass is 32.2. The second-order valence-electron chi connectivity index (χ2n) is 4.66. The van der Waals surface area contributed by atoms with Crippen molar-refractivity contribution in [3.05, 3.63) is 64.2 Å². The van der Waals surface area contributed by atoms with Gasteiger partial charge in [0.05, 0.1) is 7.11 Å². The summed E-state index contributed by atoms with van der Waals surface area (Å²) >= 11 is 3.06. The molecule has 0 bridgehead atoms. The van der Waals surface area contributed by atoms with E-state index >= 15 is 0 Å². The van der Waals surface area contributed by atoms with Crippen LogP contribution in [0.1, 0.15) is 10.4 Å². The van der Waals surface area contributed by atoms with Gasteiger partial charge < -0.3 is 4.74 Å². The molecule has 2 nitrogen and oxygen atoms in total. The first-order valence-corrected chi connectivity index (χ1v) is 9.32. The van der Waals surface area contributed by atoms with Gasteiger partial charge in [-0.15, -0.1) is 23.5 Å². The molecule has 2 rings (SSSR count). The molecular formula is C18H17FO2S2. The summed E-state index contributed by atoms with van der Waals surface area (Å²) in [5.41, 5.74) is 1.60. The topological polar surface area (TPSA) is 26.3 Å². The number of methoxy groups -OCH3 is 1. The summed E-state index contributed by atoms with van der Waals surface area (Å²) in [4.78, 5) is 12.3. The van der Waals surface area contributed by atoms with E-state index in [9.17, 15) is 9.18 Å². The van der Waals surface area contributed by atoms with Crippen molar-refractivity contribution in [2.45, 2.75) is 0 Å². The molecule has 0 fully saturated rings. The van der Waals surface area contributed by atoms with Crippen LogP contribution in [0.25, 0.3) is 11.1 Å². The zero-order chi connectivity index (χ0) is 16.8. The molecule has 0 spiro atoms. The van der Waals surface area contributed by atoms with Crippen molar-refractivity contribution in [1.29, 1.82) is 0 Å². The van der Waals surface area contributed by atoms with Gasteiger partial charge >= 0.3 is 0 Å². The van der Waals surface area contributed by atoms with Crippen molar-refractivity contribution >= 4 is 29.3 Å². The highest BCUT2D eigenvalue weighted by Crippen LogP contribution is 2.29. The Kier molecular flexibility index (Phi) is 6.30. The molecule has 0 N–H and O–H groups in total. The first-order valence-electron chi connectivity index (χ1n) is 6.87. The number of hydrogen-bond acceptors (Lipinski definition) is 4. The second-order valence-corrected chi connectivity index (χ2v) is 6.62. The second kappa shape index (κ2) is 8.22. The summed E-state index contributed by atoms with van der Waals surface area (Å²) < 4.78 is 20.2. The summed E-state index contributed by atoms with van der Waals surface area (Å²) in [6.45, 7) is 0. The van der Waals surface area contributed by atoms with Gasteiger partial charge in [0, 0.05) is 21.4 Å². The van der Waals surface area contributed by atoms with E-state index in [2.05, 4.69) is 0 Å². The molecule has 0 amide bonds. The quantitative estimate of drug-likeness (QED) is 0.526. The first kappa shape index (κ1) is 17.6. The lowest BCUT2D eigenvalue weighted by atomic mass is 10.0. The fourth-order valence-corrected chi connectivity index (χ4v) is 3.20. The van der Waals surface area contributed by atoms with Crippen LogP contribution in [0.3, 0.4) is 0 Å². The maximum absolute atomic E-state index is 14.1. The Hall–Kier alpha value is -1.72. The number of rotatable bonds is 6. The highest BCUT2D eigenvalue weighted by molar-refractivity contribution is 8.21. The minimum Gasteiger partial charge on any atom is -0.497 e. The Bertz CT molecular complexity index is 736. The van der Waals surface area contributed by atoms with E-state index in [4.69, 9.17) is 4.74 Å². The number of carbonyl (C=O) groups excluding carboxylic acids is 1. The van der Waals surface area contributed by atoms with E-state index in [1.54, 1.807) is 42.5 Å². The van der Waals surface area contributed by atoms with Crippen LogP contribution in [0.15, 0.2) is 52.8 Å².